The fourth-order valence-electron chi connectivity index (χ4n) is 8.64. The number of rotatable bonds is 5. The van der Waals surface area contributed by atoms with Gasteiger partial charge in [-0.3, -0.25) is 0 Å². The van der Waals surface area contributed by atoms with E-state index in [1.807, 2.05) is 0 Å². The van der Waals surface area contributed by atoms with Crippen LogP contribution in [0.1, 0.15) is 22.3 Å². The summed E-state index contributed by atoms with van der Waals surface area (Å²) in [6.45, 7) is 0. The van der Waals surface area contributed by atoms with E-state index in [1.54, 1.807) is 0 Å². The Balaban J connectivity index is 1.29. The molecular weight excluding hydrogens is 682 g/mol. The second-order valence-electron chi connectivity index (χ2n) is 13.4. The van der Waals surface area contributed by atoms with Crippen molar-refractivity contribution in [1.82, 2.24) is 4.57 Å². The maximum atomic E-state index is 3.78. The lowest BCUT2D eigenvalue weighted by atomic mass is 9.67. The number of fused-ring (bicyclic) bond motifs is 6. The Hall–Kier alpha value is -5.96. The number of aromatic nitrogens is 1. The summed E-state index contributed by atoms with van der Waals surface area (Å²) in [5.74, 6) is 0. The third kappa shape index (κ3) is 4.46. The van der Waals surface area contributed by atoms with Gasteiger partial charge in [-0.1, -0.05) is 180 Å². The summed E-state index contributed by atoms with van der Waals surface area (Å²) in [4.78, 5) is 0. The molecule has 0 saturated heterocycles. The van der Waals surface area contributed by atoms with Gasteiger partial charge in [0.2, 0.25) is 0 Å². The maximum absolute atomic E-state index is 3.78. The van der Waals surface area contributed by atoms with Crippen molar-refractivity contribution in [3.8, 4) is 39.1 Å². The molecule has 1 aliphatic carbocycles. The molecule has 8 aromatic carbocycles. The smallest absolute Gasteiger partial charge is 0.0734 e. The first kappa shape index (κ1) is 29.9. The molecule has 0 radical (unpaired) electrons. The lowest BCUT2D eigenvalue weighted by Crippen LogP contribution is -2.29. The first-order valence-corrected chi connectivity index (χ1v) is 18.3. The fourth-order valence-corrected chi connectivity index (χ4v) is 9.15. The molecule has 0 N–H and O–H groups in total. The molecule has 0 unspecified atom stereocenters. The molecule has 51 heavy (non-hydrogen) atoms. The summed E-state index contributed by atoms with van der Waals surface area (Å²) in [7, 11) is 0. The van der Waals surface area contributed by atoms with Crippen molar-refractivity contribution >= 4 is 37.7 Å². The van der Waals surface area contributed by atoms with Crippen LogP contribution in [0.3, 0.4) is 0 Å². The zero-order valence-corrected chi connectivity index (χ0v) is 29.4. The number of hydrogen-bond acceptors (Lipinski definition) is 0. The van der Waals surface area contributed by atoms with Crippen LogP contribution in [-0.2, 0) is 5.41 Å². The molecule has 10 rings (SSSR count). The van der Waals surface area contributed by atoms with Gasteiger partial charge in [-0.15, -0.1) is 0 Å². The summed E-state index contributed by atoms with van der Waals surface area (Å²) < 4.78 is 3.62. The van der Waals surface area contributed by atoms with Crippen molar-refractivity contribution in [2.75, 3.05) is 0 Å². The Morgan fingerprint density at radius 2 is 0.980 bits per heavy atom. The maximum Gasteiger partial charge on any atom is 0.0734 e. The van der Waals surface area contributed by atoms with Crippen molar-refractivity contribution in [2.24, 2.45) is 0 Å². The third-order valence-corrected chi connectivity index (χ3v) is 11.4. The standard InChI is InChI=1S/C49H32BrN/c50-44-26-11-8-21-38(44)35-16-13-15-33(31-35)34-29-30-41-40-23-9-12-27-45(40)51(47(41)32-34)46-28-14-24-42-39-22-7-10-25-43(39)49(48(42)46,36-17-3-1-4-18-36)37-19-5-2-6-20-37/h1-32H. The van der Waals surface area contributed by atoms with Crippen LogP contribution >= 0.6 is 15.9 Å². The number of para-hydroxylation sites is 1. The number of halogens is 1. The predicted octanol–water partition coefficient (Wildman–Crippen LogP) is 13.2. The van der Waals surface area contributed by atoms with E-state index >= 15 is 0 Å². The molecular formula is C49H32BrN. The second kappa shape index (κ2) is 11.8. The lowest BCUT2D eigenvalue weighted by molar-refractivity contribution is 0.762. The van der Waals surface area contributed by atoms with Crippen LogP contribution in [0.4, 0.5) is 0 Å². The van der Waals surface area contributed by atoms with E-state index in [0.717, 1.165) is 4.47 Å². The molecule has 1 nitrogen and oxygen atoms in total. The van der Waals surface area contributed by atoms with Gasteiger partial charge >= 0.3 is 0 Å². The van der Waals surface area contributed by atoms with Crippen LogP contribution in [0.2, 0.25) is 0 Å². The van der Waals surface area contributed by atoms with Crippen molar-refractivity contribution in [2.45, 2.75) is 5.41 Å². The molecule has 0 aliphatic heterocycles. The predicted molar refractivity (Wildman–Crippen MR) is 217 cm³/mol. The van der Waals surface area contributed by atoms with Crippen molar-refractivity contribution in [1.29, 1.82) is 0 Å². The quantitative estimate of drug-likeness (QED) is 0.167. The first-order valence-electron chi connectivity index (χ1n) is 17.5. The Kier molecular flexibility index (Phi) is 6.94. The van der Waals surface area contributed by atoms with Crippen molar-refractivity contribution < 1.29 is 0 Å². The molecule has 9 aromatic rings. The van der Waals surface area contributed by atoms with E-state index in [-0.39, 0.29) is 0 Å². The Bertz CT molecular complexity index is 2720. The SMILES string of the molecule is Brc1ccccc1-c1cccc(-c2ccc3c4ccccc4n(-c4cccc5c4C(c4ccccc4)(c4ccccc4)c4ccccc4-5)c3c2)c1. The Morgan fingerprint density at radius 3 is 1.76 bits per heavy atom. The molecule has 0 bridgehead atoms. The summed E-state index contributed by atoms with van der Waals surface area (Å²) in [6, 6.07) is 71.2. The lowest BCUT2D eigenvalue weighted by Gasteiger charge is -2.35. The average molecular weight is 715 g/mol. The van der Waals surface area contributed by atoms with E-state index in [4.69, 9.17) is 0 Å². The zero-order chi connectivity index (χ0) is 33.9. The highest BCUT2D eigenvalue weighted by molar-refractivity contribution is 9.10. The van der Waals surface area contributed by atoms with Gasteiger partial charge in [0.05, 0.1) is 22.1 Å². The van der Waals surface area contributed by atoms with E-state index in [0.29, 0.717) is 0 Å². The monoisotopic (exact) mass is 713 g/mol. The van der Waals surface area contributed by atoms with Gasteiger partial charge in [-0.05, 0) is 80.4 Å². The van der Waals surface area contributed by atoms with Gasteiger partial charge < -0.3 is 4.57 Å². The Morgan fingerprint density at radius 1 is 0.392 bits per heavy atom. The van der Waals surface area contributed by atoms with E-state index in [1.165, 1.54) is 83.1 Å². The van der Waals surface area contributed by atoms with Crippen molar-refractivity contribution in [3.05, 3.63) is 221 Å². The highest BCUT2D eigenvalue weighted by Crippen LogP contribution is 2.58. The molecule has 240 valence electrons. The zero-order valence-electron chi connectivity index (χ0n) is 27.8. The topological polar surface area (TPSA) is 4.93 Å². The Labute approximate surface area is 306 Å². The summed E-state index contributed by atoms with van der Waals surface area (Å²) in [6.07, 6.45) is 0. The average Bonchev–Trinajstić information content (AvgIpc) is 3.69. The molecule has 2 heteroatoms. The minimum absolute atomic E-state index is 0.516. The van der Waals surface area contributed by atoms with Crippen LogP contribution < -0.4 is 0 Å². The summed E-state index contributed by atoms with van der Waals surface area (Å²) in [5, 5.41) is 2.49. The van der Waals surface area contributed by atoms with Gasteiger partial charge in [0.15, 0.2) is 0 Å². The second-order valence-corrected chi connectivity index (χ2v) is 14.2. The summed E-state index contributed by atoms with van der Waals surface area (Å²) >= 11 is 3.78. The fraction of sp³-hybridized carbons (Fsp3) is 0.0204. The summed E-state index contributed by atoms with van der Waals surface area (Å²) in [5.41, 5.74) is 15.5. The minimum Gasteiger partial charge on any atom is -0.309 e. The molecule has 0 spiro atoms. The highest BCUT2D eigenvalue weighted by atomic mass is 79.9. The molecule has 0 amide bonds. The van der Waals surface area contributed by atoms with E-state index < -0.39 is 5.41 Å². The van der Waals surface area contributed by atoms with Gasteiger partial charge in [-0.2, -0.15) is 0 Å². The van der Waals surface area contributed by atoms with E-state index in [9.17, 15) is 0 Å². The van der Waals surface area contributed by atoms with Crippen LogP contribution in [0.5, 0.6) is 0 Å². The molecule has 1 aromatic heterocycles. The van der Waals surface area contributed by atoms with Crippen LogP contribution in [0, 0.1) is 0 Å². The molecule has 0 fully saturated rings. The van der Waals surface area contributed by atoms with Gasteiger partial charge in [0, 0.05) is 20.8 Å². The number of nitrogens with zero attached hydrogens (tertiary/aromatic N) is 1. The van der Waals surface area contributed by atoms with Crippen LogP contribution in [-0.4, -0.2) is 4.57 Å². The number of benzene rings is 8. The number of hydrogen-bond donors (Lipinski definition) is 0. The molecule has 1 aliphatic rings. The van der Waals surface area contributed by atoms with Gasteiger partial charge in [0.1, 0.15) is 0 Å². The third-order valence-electron chi connectivity index (χ3n) is 10.7. The van der Waals surface area contributed by atoms with Crippen molar-refractivity contribution in [3.63, 3.8) is 0 Å². The molecule has 1 heterocycles. The first-order chi connectivity index (χ1) is 25.2. The van der Waals surface area contributed by atoms with Gasteiger partial charge in [-0.25, -0.2) is 0 Å². The van der Waals surface area contributed by atoms with Crippen LogP contribution in [0.15, 0.2) is 199 Å². The largest absolute Gasteiger partial charge is 0.309 e. The minimum atomic E-state index is -0.516. The highest BCUT2D eigenvalue weighted by Gasteiger charge is 2.47. The van der Waals surface area contributed by atoms with E-state index in [2.05, 4.69) is 215 Å². The van der Waals surface area contributed by atoms with Gasteiger partial charge in [0.25, 0.3) is 0 Å². The molecule has 0 atom stereocenters. The van der Waals surface area contributed by atoms with Crippen LogP contribution in [0.25, 0.3) is 60.9 Å². The molecule has 0 saturated carbocycles. The normalized spacial score (nSPS) is 13.0.